The quantitative estimate of drug-likeness (QED) is 0.823. The van der Waals surface area contributed by atoms with Crippen LogP contribution in [0.1, 0.15) is 5.56 Å². The van der Waals surface area contributed by atoms with Gasteiger partial charge in [0.2, 0.25) is 0 Å². The molecular formula is C11H8F3N3S2. The average molecular weight is 303 g/mol. The summed E-state index contributed by atoms with van der Waals surface area (Å²) in [6.45, 7) is 0. The molecule has 0 fully saturated rings. The highest BCUT2D eigenvalue weighted by Gasteiger charge is 2.29. The van der Waals surface area contributed by atoms with Gasteiger partial charge in [0.15, 0.2) is 10.2 Å². The van der Waals surface area contributed by atoms with Crippen LogP contribution in [-0.4, -0.2) is 10.1 Å². The minimum atomic E-state index is -4.34. The second kappa shape index (κ2) is 5.54. The van der Waals surface area contributed by atoms with Gasteiger partial charge in [-0.05, 0) is 36.5 Å². The first-order chi connectivity index (χ1) is 8.95. The third-order valence-corrected chi connectivity index (χ3v) is 3.02. The fourth-order valence-electron chi connectivity index (χ4n) is 1.29. The molecule has 0 spiro atoms. The van der Waals surface area contributed by atoms with Gasteiger partial charge in [-0.3, -0.25) is 0 Å². The zero-order chi connectivity index (χ0) is 13.9. The molecule has 0 radical (unpaired) electrons. The van der Waals surface area contributed by atoms with Crippen molar-refractivity contribution in [2.75, 3.05) is 10.6 Å². The summed E-state index contributed by atoms with van der Waals surface area (Å²) in [4.78, 5) is 3.98. The van der Waals surface area contributed by atoms with Crippen LogP contribution in [0, 0.1) is 0 Å². The summed E-state index contributed by atoms with van der Waals surface area (Å²) >= 11 is 6.38. The van der Waals surface area contributed by atoms with Gasteiger partial charge in [-0.15, -0.1) is 11.3 Å². The molecule has 1 aromatic heterocycles. The molecule has 0 atom stereocenters. The Balaban J connectivity index is 1.98. The van der Waals surface area contributed by atoms with Crippen LogP contribution in [0.3, 0.4) is 0 Å². The lowest BCUT2D eigenvalue weighted by Gasteiger charge is -2.10. The molecular weight excluding hydrogens is 295 g/mol. The van der Waals surface area contributed by atoms with E-state index in [1.807, 2.05) is 0 Å². The summed E-state index contributed by atoms with van der Waals surface area (Å²) in [5, 5.41) is 8.27. The molecule has 1 aromatic carbocycles. The number of thiocarbonyl (C=S) groups is 1. The molecule has 2 N–H and O–H groups in total. The van der Waals surface area contributed by atoms with Gasteiger partial charge in [0.25, 0.3) is 0 Å². The first-order valence-corrected chi connectivity index (χ1v) is 6.39. The number of alkyl halides is 3. The fourth-order valence-corrected chi connectivity index (χ4v) is 2.10. The molecule has 0 saturated heterocycles. The summed E-state index contributed by atoms with van der Waals surface area (Å²) in [6.07, 6.45) is -2.72. The minimum absolute atomic E-state index is 0.273. The van der Waals surface area contributed by atoms with Crippen molar-refractivity contribution >= 4 is 39.5 Å². The van der Waals surface area contributed by atoms with Gasteiger partial charge in [0.05, 0.1) is 5.56 Å². The molecule has 0 saturated carbocycles. The largest absolute Gasteiger partial charge is 0.416 e. The molecule has 0 aliphatic heterocycles. The highest BCUT2D eigenvalue weighted by molar-refractivity contribution is 7.80. The van der Waals surface area contributed by atoms with E-state index in [2.05, 4.69) is 15.6 Å². The summed E-state index contributed by atoms with van der Waals surface area (Å²) in [6, 6.07) is 4.62. The molecule has 0 aliphatic carbocycles. The van der Waals surface area contributed by atoms with Gasteiger partial charge in [-0.2, -0.15) is 13.2 Å². The number of nitrogens with zero attached hydrogens (tertiary/aromatic N) is 1. The SMILES string of the molecule is FC(F)(F)c1ccc(NC(=S)Nc2nccs2)cc1. The van der Waals surface area contributed by atoms with Crippen molar-refractivity contribution in [3.63, 3.8) is 0 Å². The van der Waals surface area contributed by atoms with Crippen molar-refractivity contribution in [1.82, 2.24) is 4.98 Å². The van der Waals surface area contributed by atoms with Crippen molar-refractivity contribution in [3.05, 3.63) is 41.4 Å². The average Bonchev–Trinajstić information content (AvgIpc) is 2.81. The maximum absolute atomic E-state index is 12.4. The third kappa shape index (κ3) is 3.90. The molecule has 1 heterocycles. The normalized spacial score (nSPS) is 11.1. The summed E-state index contributed by atoms with van der Waals surface area (Å²) in [7, 11) is 0. The fraction of sp³-hybridized carbons (Fsp3) is 0.0909. The van der Waals surface area contributed by atoms with E-state index in [1.165, 1.54) is 23.5 Å². The second-order valence-corrected chi connectivity index (χ2v) is 4.79. The highest BCUT2D eigenvalue weighted by atomic mass is 32.1. The summed E-state index contributed by atoms with van der Waals surface area (Å²) in [5.41, 5.74) is -0.223. The van der Waals surface area contributed by atoms with Gasteiger partial charge in [-0.25, -0.2) is 4.98 Å². The number of nitrogens with one attached hydrogen (secondary N) is 2. The van der Waals surface area contributed by atoms with Crippen molar-refractivity contribution in [3.8, 4) is 0 Å². The number of rotatable bonds is 2. The van der Waals surface area contributed by atoms with Crippen molar-refractivity contribution in [2.24, 2.45) is 0 Å². The van der Waals surface area contributed by atoms with Gasteiger partial charge in [-0.1, -0.05) is 0 Å². The molecule has 2 rings (SSSR count). The Hall–Kier alpha value is -1.67. The van der Waals surface area contributed by atoms with Gasteiger partial charge in [0, 0.05) is 17.3 Å². The van der Waals surface area contributed by atoms with E-state index >= 15 is 0 Å². The molecule has 2 aromatic rings. The number of aromatic nitrogens is 1. The molecule has 0 unspecified atom stereocenters. The number of hydrogen-bond acceptors (Lipinski definition) is 3. The van der Waals surface area contributed by atoms with E-state index in [9.17, 15) is 13.2 Å². The monoisotopic (exact) mass is 303 g/mol. The van der Waals surface area contributed by atoms with Crippen LogP contribution in [0.4, 0.5) is 24.0 Å². The molecule has 0 amide bonds. The zero-order valence-electron chi connectivity index (χ0n) is 9.36. The van der Waals surface area contributed by atoms with Crippen molar-refractivity contribution in [1.29, 1.82) is 0 Å². The smallest absolute Gasteiger partial charge is 0.332 e. The standard InChI is InChI=1S/C11H8F3N3S2/c12-11(13,14)7-1-3-8(4-2-7)16-9(18)17-10-15-5-6-19-10/h1-6H,(H2,15,16,17,18). The lowest BCUT2D eigenvalue weighted by atomic mass is 10.2. The first-order valence-electron chi connectivity index (χ1n) is 5.10. The predicted molar refractivity (Wildman–Crippen MR) is 73.4 cm³/mol. The summed E-state index contributed by atoms with van der Waals surface area (Å²) in [5.74, 6) is 0. The highest BCUT2D eigenvalue weighted by Crippen LogP contribution is 2.29. The predicted octanol–water partition coefficient (Wildman–Crippen LogP) is 3.97. The first kappa shape index (κ1) is 13.8. The number of thiazole rings is 1. The Morgan fingerprint density at radius 3 is 2.37 bits per heavy atom. The van der Waals surface area contributed by atoms with Crippen molar-refractivity contribution < 1.29 is 13.2 Å². The number of benzene rings is 1. The second-order valence-electron chi connectivity index (χ2n) is 3.49. The Morgan fingerprint density at radius 1 is 1.16 bits per heavy atom. The Kier molecular flexibility index (Phi) is 4.01. The summed E-state index contributed by atoms with van der Waals surface area (Å²) < 4.78 is 37.1. The van der Waals surface area contributed by atoms with E-state index in [4.69, 9.17) is 12.2 Å². The van der Waals surface area contributed by atoms with E-state index in [-0.39, 0.29) is 5.11 Å². The van der Waals surface area contributed by atoms with E-state index in [1.54, 1.807) is 11.6 Å². The number of hydrogen-bond donors (Lipinski definition) is 2. The maximum atomic E-state index is 12.4. The molecule has 19 heavy (non-hydrogen) atoms. The van der Waals surface area contributed by atoms with Crippen LogP contribution in [-0.2, 0) is 6.18 Å². The number of halogens is 3. The van der Waals surface area contributed by atoms with Gasteiger partial charge >= 0.3 is 6.18 Å². The van der Waals surface area contributed by atoms with Crippen LogP contribution < -0.4 is 10.6 Å². The maximum Gasteiger partial charge on any atom is 0.416 e. The van der Waals surface area contributed by atoms with Crippen LogP contribution in [0.2, 0.25) is 0 Å². The topological polar surface area (TPSA) is 37.0 Å². The van der Waals surface area contributed by atoms with E-state index in [0.29, 0.717) is 10.8 Å². The van der Waals surface area contributed by atoms with Gasteiger partial charge < -0.3 is 10.6 Å². The van der Waals surface area contributed by atoms with Crippen LogP contribution in [0.15, 0.2) is 35.8 Å². The Labute approximate surface area is 116 Å². The van der Waals surface area contributed by atoms with Crippen LogP contribution in [0.25, 0.3) is 0 Å². The molecule has 0 aliphatic rings. The minimum Gasteiger partial charge on any atom is -0.332 e. The van der Waals surface area contributed by atoms with Crippen LogP contribution >= 0.6 is 23.6 Å². The molecule has 3 nitrogen and oxygen atoms in total. The molecule has 100 valence electrons. The van der Waals surface area contributed by atoms with Crippen molar-refractivity contribution in [2.45, 2.75) is 6.18 Å². The number of anilines is 2. The van der Waals surface area contributed by atoms with Crippen LogP contribution in [0.5, 0.6) is 0 Å². The Morgan fingerprint density at radius 2 is 1.84 bits per heavy atom. The third-order valence-electron chi connectivity index (χ3n) is 2.12. The zero-order valence-corrected chi connectivity index (χ0v) is 11.0. The molecule has 8 heteroatoms. The Bertz CT molecular complexity index is 550. The lowest BCUT2D eigenvalue weighted by molar-refractivity contribution is -0.137. The van der Waals surface area contributed by atoms with Gasteiger partial charge in [0.1, 0.15) is 0 Å². The van der Waals surface area contributed by atoms with E-state index in [0.717, 1.165) is 12.1 Å². The van der Waals surface area contributed by atoms with E-state index < -0.39 is 11.7 Å². The molecule has 0 bridgehead atoms. The lowest BCUT2D eigenvalue weighted by Crippen LogP contribution is -2.19.